The quantitative estimate of drug-likeness (QED) is 0.494. The molecule has 0 amide bonds. The lowest BCUT2D eigenvalue weighted by atomic mass is 10.2. The van der Waals surface area contributed by atoms with E-state index in [4.69, 9.17) is 11.6 Å². The standard InChI is InChI=1S/C18H16ClF3IN5O/c19-12-5-10(9-29)8-24-16(12)27-1-3-28(4-2-27)17-25-14-7-11(18(20,21)22)6-13(23)15(14)26-17/h5-8,29H,1-4,9H2,(H,25,26). The minimum Gasteiger partial charge on any atom is -0.392 e. The minimum atomic E-state index is -4.40. The number of hydrogen-bond acceptors (Lipinski definition) is 5. The average Bonchev–Trinajstić information content (AvgIpc) is 3.12. The summed E-state index contributed by atoms with van der Waals surface area (Å²) in [4.78, 5) is 15.9. The average molecular weight is 538 g/mol. The van der Waals surface area contributed by atoms with Crippen LogP contribution in [0.25, 0.3) is 11.0 Å². The summed E-state index contributed by atoms with van der Waals surface area (Å²) in [6.45, 7) is 2.37. The van der Waals surface area contributed by atoms with E-state index in [9.17, 15) is 18.3 Å². The first-order valence-corrected chi connectivity index (χ1v) is 10.2. The zero-order chi connectivity index (χ0) is 20.8. The van der Waals surface area contributed by atoms with Gasteiger partial charge in [0, 0.05) is 35.9 Å². The summed E-state index contributed by atoms with van der Waals surface area (Å²) in [6, 6.07) is 3.89. The molecule has 2 N–H and O–H groups in total. The molecule has 6 nitrogen and oxygen atoms in total. The Balaban J connectivity index is 1.53. The molecule has 0 saturated carbocycles. The Morgan fingerprint density at radius 3 is 2.45 bits per heavy atom. The number of H-pyrrole nitrogens is 1. The fourth-order valence-electron chi connectivity index (χ4n) is 3.30. The van der Waals surface area contributed by atoms with Crippen LogP contribution in [0.3, 0.4) is 0 Å². The van der Waals surface area contributed by atoms with Crippen molar-refractivity contribution < 1.29 is 18.3 Å². The SMILES string of the molecule is OCc1cnc(N2CCN(c3nc4c(I)cc(C(F)(F)F)cc4[nH]3)CC2)c(Cl)c1. The van der Waals surface area contributed by atoms with Gasteiger partial charge in [-0.25, -0.2) is 9.97 Å². The zero-order valence-corrected chi connectivity index (χ0v) is 17.9. The molecule has 11 heteroatoms. The van der Waals surface area contributed by atoms with Crippen molar-refractivity contribution in [1.29, 1.82) is 0 Å². The monoisotopic (exact) mass is 537 g/mol. The van der Waals surface area contributed by atoms with Crippen molar-refractivity contribution in [3.05, 3.63) is 44.1 Å². The Bertz CT molecular complexity index is 1050. The predicted octanol–water partition coefficient (Wildman–Crippen LogP) is 4.05. The van der Waals surface area contributed by atoms with Crippen LogP contribution in [0.2, 0.25) is 5.02 Å². The summed E-state index contributed by atoms with van der Waals surface area (Å²) in [7, 11) is 0. The van der Waals surface area contributed by atoms with E-state index < -0.39 is 11.7 Å². The van der Waals surface area contributed by atoms with E-state index in [0.717, 1.165) is 12.1 Å². The first-order valence-electron chi connectivity index (χ1n) is 8.78. The Morgan fingerprint density at radius 1 is 1.14 bits per heavy atom. The van der Waals surface area contributed by atoms with Gasteiger partial charge in [0.1, 0.15) is 11.3 Å². The van der Waals surface area contributed by atoms with Gasteiger partial charge in [-0.1, -0.05) is 11.6 Å². The Kier molecular flexibility index (Phi) is 5.51. The molecule has 1 aliphatic rings. The molecule has 0 radical (unpaired) electrons. The molecule has 3 aromatic rings. The number of alkyl halides is 3. The summed E-state index contributed by atoms with van der Waals surface area (Å²) in [5, 5.41) is 9.65. The first-order chi connectivity index (χ1) is 13.8. The third-order valence-corrected chi connectivity index (χ3v) is 5.90. The number of aliphatic hydroxyl groups is 1. The summed E-state index contributed by atoms with van der Waals surface area (Å²) in [6.07, 6.45) is -2.81. The van der Waals surface area contributed by atoms with Crippen molar-refractivity contribution in [2.75, 3.05) is 36.0 Å². The second kappa shape index (κ2) is 7.80. The second-order valence-corrected chi connectivity index (χ2v) is 8.26. The number of piperazine rings is 1. The summed E-state index contributed by atoms with van der Waals surface area (Å²) >= 11 is 8.16. The maximum Gasteiger partial charge on any atom is 0.416 e. The third-order valence-electron chi connectivity index (χ3n) is 4.79. The highest BCUT2D eigenvalue weighted by atomic mass is 127. The van der Waals surface area contributed by atoms with Gasteiger partial charge in [-0.3, -0.25) is 0 Å². The fourth-order valence-corrected chi connectivity index (χ4v) is 4.35. The number of anilines is 2. The van der Waals surface area contributed by atoms with Crippen molar-refractivity contribution >= 4 is 57.0 Å². The van der Waals surface area contributed by atoms with Crippen LogP contribution in [0.5, 0.6) is 0 Å². The maximum absolute atomic E-state index is 13.1. The van der Waals surface area contributed by atoms with Crippen molar-refractivity contribution in [2.24, 2.45) is 0 Å². The second-order valence-electron chi connectivity index (χ2n) is 6.69. The fraction of sp³-hybridized carbons (Fsp3) is 0.333. The van der Waals surface area contributed by atoms with Gasteiger partial charge in [0.2, 0.25) is 5.95 Å². The number of halogens is 5. The van der Waals surface area contributed by atoms with Crippen LogP contribution >= 0.6 is 34.2 Å². The Morgan fingerprint density at radius 2 is 1.83 bits per heavy atom. The molecule has 0 bridgehead atoms. The maximum atomic E-state index is 13.1. The molecule has 0 atom stereocenters. The molecule has 1 saturated heterocycles. The molecule has 1 fully saturated rings. The van der Waals surface area contributed by atoms with E-state index in [2.05, 4.69) is 15.0 Å². The number of hydrogen-bond donors (Lipinski definition) is 2. The van der Waals surface area contributed by atoms with Crippen LogP contribution in [-0.4, -0.2) is 46.2 Å². The van der Waals surface area contributed by atoms with Crippen molar-refractivity contribution in [3.63, 3.8) is 0 Å². The molecule has 3 heterocycles. The van der Waals surface area contributed by atoms with Crippen LogP contribution in [0.1, 0.15) is 11.1 Å². The largest absolute Gasteiger partial charge is 0.416 e. The van der Waals surface area contributed by atoms with Crippen LogP contribution in [0.4, 0.5) is 24.9 Å². The molecule has 1 aliphatic heterocycles. The van der Waals surface area contributed by atoms with Crippen LogP contribution < -0.4 is 9.80 Å². The lowest BCUT2D eigenvalue weighted by Gasteiger charge is -2.35. The van der Waals surface area contributed by atoms with E-state index in [1.54, 1.807) is 12.3 Å². The molecule has 4 rings (SSSR count). The number of aromatic nitrogens is 3. The number of aliphatic hydroxyl groups excluding tert-OH is 1. The Hall–Kier alpha value is -1.79. The predicted molar refractivity (Wildman–Crippen MR) is 113 cm³/mol. The highest BCUT2D eigenvalue weighted by Crippen LogP contribution is 2.34. The summed E-state index contributed by atoms with van der Waals surface area (Å²) in [5.41, 5.74) is 0.847. The van der Waals surface area contributed by atoms with E-state index >= 15 is 0 Å². The smallest absolute Gasteiger partial charge is 0.392 e. The summed E-state index contributed by atoms with van der Waals surface area (Å²) < 4.78 is 39.6. The van der Waals surface area contributed by atoms with E-state index in [1.807, 2.05) is 32.4 Å². The van der Waals surface area contributed by atoms with Crippen molar-refractivity contribution in [2.45, 2.75) is 12.8 Å². The molecular formula is C18H16ClF3IN5O. The normalized spacial score (nSPS) is 15.4. The van der Waals surface area contributed by atoms with Crippen molar-refractivity contribution in [1.82, 2.24) is 15.0 Å². The lowest BCUT2D eigenvalue weighted by molar-refractivity contribution is -0.137. The van der Waals surface area contributed by atoms with Gasteiger partial charge in [0.15, 0.2) is 0 Å². The number of benzene rings is 1. The molecule has 2 aromatic heterocycles. The van der Waals surface area contributed by atoms with Crippen LogP contribution in [0, 0.1) is 3.57 Å². The molecular weight excluding hydrogens is 522 g/mol. The topological polar surface area (TPSA) is 68.3 Å². The minimum absolute atomic E-state index is 0.123. The van der Waals surface area contributed by atoms with Crippen molar-refractivity contribution in [3.8, 4) is 0 Å². The highest BCUT2D eigenvalue weighted by molar-refractivity contribution is 14.1. The number of imidazole rings is 1. The van der Waals surface area contributed by atoms with Gasteiger partial charge < -0.3 is 19.9 Å². The van der Waals surface area contributed by atoms with E-state index in [-0.39, 0.29) is 6.61 Å². The number of fused-ring (bicyclic) bond motifs is 1. The molecule has 0 spiro atoms. The zero-order valence-electron chi connectivity index (χ0n) is 15.0. The Labute approximate surface area is 182 Å². The third kappa shape index (κ3) is 4.10. The van der Waals surface area contributed by atoms with Gasteiger partial charge >= 0.3 is 6.18 Å². The molecule has 29 heavy (non-hydrogen) atoms. The number of aromatic amines is 1. The number of pyridine rings is 1. The van der Waals surface area contributed by atoms with Gasteiger partial charge in [-0.15, -0.1) is 0 Å². The number of nitrogens with zero attached hydrogens (tertiary/aromatic N) is 4. The van der Waals surface area contributed by atoms with Crippen LogP contribution in [-0.2, 0) is 12.8 Å². The number of rotatable bonds is 3. The lowest BCUT2D eigenvalue weighted by Crippen LogP contribution is -2.47. The first kappa shape index (κ1) is 20.5. The van der Waals surface area contributed by atoms with Gasteiger partial charge in [-0.05, 0) is 46.4 Å². The highest BCUT2D eigenvalue weighted by Gasteiger charge is 2.32. The summed E-state index contributed by atoms with van der Waals surface area (Å²) in [5.74, 6) is 1.20. The van der Waals surface area contributed by atoms with Gasteiger partial charge in [-0.2, -0.15) is 13.2 Å². The molecule has 0 aliphatic carbocycles. The molecule has 0 unspecified atom stereocenters. The van der Waals surface area contributed by atoms with E-state index in [0.29, 0.717) is 63.1 Å². The van der Waals surface area contributed by atoms with E-state index in [1.165, 1.54) is 0 Å². The number of nitrogens with one attached hydrogen (secondary N) is 1. The van der Waals surface area contributed by atoms with Gasteiger partial charge in [0.25, 0.3) is 0 Å². The molecule has 154 valence electrons. The van der Waals surface area contributed by atoms with Gasteiger partial charge in [0.05, 0.1) is 22.7 Å². The van der Waals surface area contributed by atoms with Crippen LogP contribution in [0.15, 0.2) is 24.4 Å². The molecule has 1 aromatic carbocycles.